The van der Waals surface area contributed by atoms with Crippen LogP contribution in [0, 0.1) is 5.82 Å². The molecule has 7 heteroatoms. The van der Waals surface area contributed by atoms with Crippen LogP contribution in [0.3, 0.4) is 0 Å². The molecule has 19 heavy (non-hydrogen) atoms. The Labute approximate surface area is 113 Å². The zero-order chi connectivity index (χ0) is 13.8. The monoisotopic (exact) mass is 284 g/mol. The van der Waals surface area contributed by atoms with Crippen molar-refractivity contribution in [3.05, 3.63) is 34.9 Å². The summed E-state index contributed by atoms with van der Waals surface area (Å²) in [6.07, 6.45) is 0.843. The number of aliphatic carboxylic acids is 1. The Hall–Kier alpha value is -1.95. The summed E-state index contributed by atoms with van der Waals surface area (Å²) in [5, 5.41) is 12.2. The van der Waals surface area contributed by atoms with Gasteiger partial charge in [-0.25, -0.2) is 4.39 Å². The minimum atomic E-state index is -0.870. The summed E-state index contributed by atoms with van der Waals surface area (Å²) >= 11 is 5.66. The molecule has 0 saturated heterocycles. The molecular weight excluding hydrogens is 275 g/mol. The maximum atomic E-state index is 13.0. The Morgan fingerprint density at radius 1 is 1.47 bits per heavy atom. The van der Waals surface area contributed by atoms with Crippen LogP contribution in [0.2, 0.25) is 5.02 Å². The zero-order valence-corrected chi connectivity index (χ0v) is 10.5. The predicted octanol–water partition coefficient (Wildman–Crippen LogP) is 2.94. The van der Waals surface area contributed by atoms with Gasteiger partial charge in [0.15, 0.2) is 0 Å². The zero-order valence-electron chi connectivity index (χ0n) is 9.77. The summed E-state index contributed by atoms with van der Waals surface area (Å²) in [6.45, 7) is 0. The average Bonchev–Trinajstić information content (AvgIpc) is 2.81. The van der Waals surface area contributed by atoms with Crippen LogP contribution in [0.1, 0.15) is 18.7 Å². The lowest BCUT2D eigenvalue weighted by Crippen LogP contribution is -1.96. The normalized spacial score (nSPS) is 10.6. The van der Waals surface area contributed by atoms with Gasteiger partial charge in [0, 0.05) is 18.4 Å². The third-order valence-corrected chi connectivity index (χ3v) is 2.72. The molecule has 0 aliphatic rings. The number of hydrogen-bond donors (Lipinski definition) is 1. The Kier molecular flexibility index (Phi) is 4.11. The lowest BCUT2D eigenvalue weighted by atomic mass is 10.2. The van der Waals surface area contributed by atoms with Crippen LogP contribution in [-0.4, -0.2) is 21.2 Å². The van der Waals surface area contributed by atoms with Crippen molar-refractivity contribution >= 4 is 17.6 Å². The van der Waals surface area contributed by atoms with E-state index in [0.29, 0.717) is 30.1 Å². The number of halogens is 2. The number of carboxylic acids is 1. The molecule has 0 unspecified atom stereocenters. The van der Waals surface area contributed by atoms with E-state index in [0.717, 1.165) is 0 Å². The standard InChI is InChI=1S/C12H10ClFN2O3/c13-8-6-7(4-5-9(8)14)12-15-10(19-16-12)2-1-3-11(17)18/h4-6H,1-3H2,(H,17,18). The Morgan fingerprint density at radius 2 is 2.26 bits per heavy atom. The van der Waals surface area contributed by atoms with E-state index >= 15 is 0 Å². The van der Waals surface area contributed by atoms with Crippen molar-refractivity contribution in [2.45, 2.75) is 19.3 Å². The van der Waals surface area contributed by atoms with Gasteiger partial charge in [-0.3, -0.25) is 4.79 Å². The van der Waals surface area contributed by atoms with E-state index in [1.54, 1.807) is 0 Å². The van der Waals surface area contributed by atoms with Crippen LogP contribution in [0.4, 0.5) is 4.39 Å². The fourth-order valence-corrected chi connectivity index (χ4v) is 1.68. The number of aromatic nitrogens is 2. The molecule has 2 rings (SSSR count). The molecule has 5 nitrogen and oxygen atoms in total. The van der Waals surface area contributed by atoms with Gasteiger partial charge in [-0.2, -0.15) is 4.98 Å². The van der Waals surface area contributed by atoms with Gasteiger partial charge in [0.25, 0.3) is 0 Å². The van der Waals surface area contributed by atoms with E-state index in [4.69, 9.17) is 21.2 Å². The maximum absolute atomic E-state index is 13.0. The predicted molar refractivity (Wildman–Crippen MR) is 65.3 cm³/mol. The first-order valence-corrected chi connectivity index (χ1v) is 5.94. The Bertz CT molecular complexity index is 600. The number of nitrogens with zero attached hydrogens (tertiary/aromatic N) is 2. The summed E-state index contributed by atoms with van der Waals surface area (Å²) in [4.78, 5) is 14.5. The largest absolute Gasteiger partial charge is 0.481 e. The molecule has 100 valence electrons. The molecule has 2 aromatic rings. The smallest absolute Gasteiger partial charge is 0.303 e. The quantitative estimate of drug-likeness (QED) is 0.913. The first-order valence-electron chi connectivity index (χ1n) is 5.56. The van der Waals surface area contributed by atoms with Gasteiger partial charge in [-0.15, -0.1) is 0 Å². The fraction of sp³-hybridized carbons (Fsp3) is 0.250. The van der Waals surface area contributed by atoms with Crippen LogP contribution in [0.5, 0.6) is 0 Å². The molecule has 0 fully saturated rings. The first-order chi connectivity index (χ1) is 9.06. The summed E-state index contributed by atoms with van der Waals surface area (Å²) in [5.41, 5.74) is 0.541. The molecule has 0 spiro atoms. The van der Waals surface area contributed by atoms with E-state index in [9.17, 15) is 9.18 Å². The second-order valence-corrected chi connectivity index (χ2v) is 4.30. The van der Waals surface area contributed by atoms with Gasteiger partial charge >= 0.3 is 5.97 Å². The van der Waals surface area contributed by atoms with Crippen LogP contribution in [0.15, 0.2) is 22.7 Å². The highest BCUT2D eigenvalue weighted by Gasteiger charge is 2.11. The minimum absolute atomic E-state index is 0.0188. The number of rotatable bonds is 5. The average molecular weight is 285 g/mol. The van der Waals surface area contributed by atoms with Crippen molar-refractivity contribution in [3.8, 4) is 11.4 Å². The van der Waals surface area contributed by atoms with Crippen LogP contribution in [-0.2, 0) is 11.2 Å². The van der Waals surface area contributed by atoms with Crippen LogP contribution in [0.25, 0.3) is 11.4 Å². The summed E-state index contributed by atoms with van der Waals surface area (Å²) in [6, 6.07) is 4.12. The van der Waals surface area contributed by atoms with Crippen molar-refractivity contribution in [2.75, 3.05) is 0 Å². The number of hydrogen-bond acceptors (Lipinski definition) is 4. The number of aryl methyl sites for hydroxylation is 1. The number of carbonyl (C=O) groups is 1. The van der Waals surface area contributed by atoms with Crippen molar-refractivity contribution in [1.29, 1.82) is 0 Å². The van der Waals surface area contributed by atoms with Crippen molar-refractivity contribution in [2.24, 2.45) is 0 Å². The van der Waals surface area contributed by atoms with E-state index in [1.807, 2.05) is 0 Å². The molecule has 0 aliphatic carbocycles. The number of carboxylic acid groups (broad SMARTS) is 1. The van der Waals surface area contributed by atoms with E-state index in [-0.39, 0.29) is 11.4 Å². The highest BCUT2D eigenvalue weighted by Crippen LogP contribution is 2.22. The Morgan fingerprint density at radius 3 is 2.95 bits per heavy atom. The second kappa shape index (κ2) is 5.79. The second-order valence-electron chi connectivity index (χ2n) is 3.89. The van der Waals surface area contributed by atoms with Crippen molar-refractivity contribution in [1.82, 2.24) is 10.1 Å². The van der Waals surface area contributed by atoms with Gasteiger partial charge in [-0.1, -0.05) is 16.8 Å². The molecule has 0 aliphatic heterocycles. The van der Waals surface area contributed by atoms with E-state index in [1.165, 1.54) is 18.2 Å². The fourth-order valence-electron chi connectivity index (χ4n) is 1.50. The molecule has 1 aromatic heterocycles. The van der Waals surface area contributed by atoms with Crippen LogP contribution >= 0.6 is 11.6 Å². The highest BCUT2D eigenvalue weighted by atomic mass is 35.5. The van der Waals surface area contributed by atoms with E-state index in [2.05, 4.69) is 10.1 Å². The molecule has 0 atom stereocenters. The Balaban J connectivity index is 2.07. The van der Waals surface area contributed by atoms with Gasteiger partial charge in [0.2, 0.25) is 11.7 Å². The topological polar surface area (TPSA) is 76.2 Å². The third kappa shape index (κ3) is 3.51. The minimum Gasteiger partial charge on any atom is -0.481 e. The summed E-state index contributed by atoms with van der Waals surface area (Å²) < 4.78 is 18.0. The van der Waals surface area contributed by atoms with Crippen LogP contribution < -0.4 is 0 Å². The van der Waals surface area contributed by atoms with E-state index < -0.39 is 11.8 Å². The molecule has 0 radical (unpaired) electrons. The molecule has 0 amide bonds. The molecule has 1 aromatic carbocycles. The highest BCUT2D eigenvalue weighted by molar-refractivity contribution is 6.31. The maximum Gasteiger partial charge on any atom is 0.303 e. The van der Waals surface area contributed by atoms with Crippen molar-refractivity contribution < 1.29 is 18.8 Å². The molecular formula is C12H10ClFN2O3. The molecule has 0 saturated carbocycles. The SMILES string of the molecule is O=C(O)CCCc1nc(-c2ccc(F)c(Cl)c2)no1. The lowest BCUT2D eigenvalue weighted by molar-refractivity contribution is -0.137. The van der Waals surface area contributed by atoms with Gasteiger partial charge in [-0.05, 0) is 24.6 Å². The molecule has 1 N–H and O–H groups in total. The molecule has 0 bridgehead atoms. The third-order valence-electron chi connectivity index (χ3n) is 2.43. The van der Waals surface area contributed by atoms with Gasteiger partial charge in [0.1, 0.15) is 5.82 Å². The van der Waals surface area contributed by atoms with Crippen molar-refractivity contribution in [3.63, 3.8) is 0 Å². The van der Waals surface area contributed by atoms with Gasteiger partial charge < -0.3 is 9.63 Å². The summed E-state index contributed by atoms with van der Waals surface area (Å²) in [5.74, 6) is -0.746. The summed E-state index contributed by atoms with van der Waals surface area (Å²) in [7, 11) is 0. The first kappa shape index (κ1) is 13.5. The molecule has 1 heterocycles. The van der Waals surface area contributed by atoms with Gasteiger partial charge in [0.05, 0.1) is 5.02 Å². The lowest BCUT2D eigenvalue weighted by Gasteiger charge is -1.96. The number of benzene rings is 1.